The first-order valence-corrected chi connectivity index (χ1v) is 6.00. The summed E-state index contributed by atoms with van der Waals surface area (Å²) >= 11 is 3.42. The fourth-order valence-electron chi connectivity index (χ4n) is 1.52. The molecule has 0 spiro atoms. The Bertz CT molecular complexity index is 507. The lowest BCUT2D eigenvalue weighted by Crippen LogP contribution is -2.05. The van der Waals surface area contributed by atoms with Crippen LogP contribution in [0.25, 0.3) is 0 Å². The third-order valence-corrected chi connectivity index (χ3v) is 3.12. The molecular weight excluding hydrogens is 280 g/mol. The van der Waals surface area contributed by atoms with Crippen LogP contribution in [0.1, 0.15) is 11.1 Å². The molecule has 2 aromatic rings. The molecule has 17 heavy (non-hydrogen) atoms. The number of aromatic nitrogens is 2. The van der Waals surface area contributed by atoms with Crippen LogP contribution in [0, 0.1) is 6.92 Å². The number of nitrogen functional groups attached to an aromatic ring is 1. The molecule has 0 amide bonds. The van der Waals surface area contributed by atoms with Gasteiger partial charge in [-0.15, -0.1) is 0 Å². The van der Waals surface area contributed by atoms with Gasteiger partial charge in [0.15, 0.2) is 0 Å². The molecule has 0 fully saturated rings. The van der Waals surface area contributed by atoms with Crippen LogP contribution >= 0.6 is 15.9 Å². The minimum atomic E-state index is 0.631. The first kappa shape index (κ1) is 11.9. The van der Waals surface area contributed by atoms with Crippen LogP contribution in [-0.4, -0.2) is 9.97 Å². The summed E-state index contributed by atoms with van der Waals surface area (Å²) in [6, 6.07) is 1.99. The first-order chi connectivity index (χ1) is 8.18. The van der Waals surface area contributed by atoms with E-state index in [1.54, 1.807) is 18.6 Å². The van der Waals surface area contributed by atoms with Gasteiger partial charge in [-0.25, -0.2) is 0 Å². The van der Waals surface area contributed by atoms with Gasteiger partial charge in [0.25, 0.3) is 0 Å². The largest absolute Gasteiger partial charge is 0.396 e. The predicted octanol–water partition coefficient (Wildman–Crippen LogP) is 2.74. The highest BCUT2D eigenvalue weighted by Crippen LogP contribution is 2.27. The Morgan fingerprint density at radius 3 is 2.82 bits per heavy atom. The van der Waals surface area contributed by atoms with Gasteiger partial charge in [-0.2, -0.15) is 0 Å². The molecule has 2 aromatic heterocycles. The summed E-state index contributed by atoms with van der Waals surface area (Å²) in [6.45, 7) is 2.75. The van der Waals surface area contributed by atoms with Crippen molar-refractivity contribution in [2.24, 2.45) is 0 Å². The SMILES string of the molecule is Cc1cnccc1CNc1c(N)cncc1Br. The van der Waals surface area contributed by atoms with Gasteiger partial charge in [-0.1, -0.05) is 0 Å². The summed E-state index contributed by atoms with van der Waals surface area (Å²) in [7, 11) is 0. The molecule has 2 rings (SSSR count). The Morgan fingerprint density at radius 2 is 2.12 bits per heavy atom. The van der Waals surface area contributed by atoms with E-state index in [1.807, 2.05) is 19.2 Å². The average Bonchev–Trinajstić information content (AvgIpc) is 2.30. The quantitative estimate of drug-likeness (QED) is 0.913. The van der Waals surface area contributed by atoms with Gasteiger partial charge in [0.05, 0.1) is 22.0 Å². The Kier molecular flexibility index (Phi) is 3.58. The zero-order valence-electron chi connectivity index (χ0n) is 9.44. The molecule has 4 nitrogen and oxygen atoms in total. The molecule has 0 bridgehead atoms. The molecule has 3 N–H and O–H groups in total. The Balaban J connectivity index is 2.16. The van der Waals surface area contributed by atoms with Crippen molar-refractivity contribution in [3.8, 4) is 0 Å². The molecule has 88 valence electrons. The van der Waals surface area contributed by atoms with E-state index in [1.165, 1.54) is 5.56 Å². The molecule has 0 unspecified atom stereocenters. The van der Waals surface area contributed by atoms with E-state index >= 15 is 0 Å². The molecule has 0 aliphatic rings. The maximum atomic E-state index is 5.86. The van der Waals surface area contributed by atoms with Crippen LogP contribution in [-0.2, 0) is 6.54 Å². The van der Waals surface area contributed by atoms with Crippen molar-refractivity contribution in [2.75, 3.05) is 11.1 Å². The minimum absolute atomic E-state index is 0.631. The first-order valence-electron chi connectivity index (χ1n) is 5.21. The highest BCUT2D eigenvalue weighted by molar-refractivity contribution is 9.10. The van der Waals surface area contributed by atoms with Crippen LogP contribution in [0.4, 0.5) is 11.4 Å². The number of pyridine rings is 2. The lowest BCUT2D eigenvalue weighted by atomic mass is 10.1. The molecule has 0 aliphatic carbocycles. The van der Waals surface area contributed by atoms with E-state index in [-0.39, 0.29) is 0 Å². The molecule has 0 atom stereocenters. The van der Waals surface area contributed by atoms with Gasteiger partial charge in [0, 0.05) is 25.1 Å². The van der Waals surface area contributed by atoms with E-state index in [0.29, 0.717) is 12.2 Å². The summed E-state index contributed by atoms with van der Waals surface area (Å²) in [4.78, 5) is 8.06. The van der Waals surface area contributed by atoms with Gasteiger partial charge in [-0.05, 0) is 40.0 Å². The van der Waals surface area contributed by atoms with Crippen LogP contribution in [0.2, 0.25) is 0 Å². The normalized spacial score (nSPS) is 10.2. The second-order valence-electron chi connectivity index (χ2n) is 3.74. The molecular formula is C12H13BrN4. The van der Waals surface area contributed by atoms with Crippen molar-refractivity contribution in [1.29, 1.82) is 0 Å². The van der Waals surface area contributed by atoms with E-state index in [4.69, 9.17) is 5.73 Å². The fourth-order valence-corrected chi connectivity index (χ4v) is 2.01. The summed E-state index contributed by atoms with van der Waals surface area (Å²) < 4.78 is 0.865. The maximum absolute atomic E-state index is 5.86. The predicted molar refractivity (Wildman–Crippen MR) is 72.7 cm³/mol. The standard InChI is InChI=1S/C12H13BrN4/c1-8-4-15-3-2-9(8)5-17-12-10(13)6-16-7-11(12)14/h2-4,6-7H,5,14H2,1H3,(H,16,17). The molecule has 0 aromatic carbocycles. The molecule has 5 heteroatoms. The monoisotopic (exact) mass is 292 g/mol. The van der Waals surface area contributed by atoms with Gasteiger partial charge < -0.3 is 11.1 Å². The number of hydrogen-bond donors (Lipinski definition) is 2. The summed E-state index contributed by atoms with van der Waals surface area (Å²) in [5.74, 6) is 0. The van der Waals surface area contributed by atoms with E-state index in [0.717, 1.165) is 15.7 Å². The van der Waals surface area contributed by atoms with Crippen molar-refractivity contribution in [1.82, 2.24) is 9.97 Å². The zero-order chi connectivity index (χ0) is 12.3. The van der Waals surface area contributed by atoms with Crippen molar-refractivity contribution < 1.29 is 0 Å². The van der Waals surface area contributed by atoms with Gasteiger partial charge in [-0.3, -0.25) is 9.97 Å². The Morgan fingerprint density at radius 1 is 1.29 bits per heavy atom. The number of halogens is 1. The van der Waals surface area contributed by atoms with Crippen molar-refractivity contribution in [3.05, 3.63) is 46.5 Å². The highest BCUT2D eigenvalue weighted by atomic mass is 79.9. The Labute approximate surface area is 108 Å². The molecule has 0 saturated carbocycles. The van der Waals surface area contributed by atoms with Crippen LogP contribution in [0.5, 0.6) is 0 Å². The molecule has 0 saturated heterocycles. The number of rotatable bonds is 3. The van der Waals surface area contributed by atoms with Gasteiger partial charge >= 0.3 is 0 Å². The molecule has 0 radical (unpaired) electrons. The number of nitrogens with two attached hydrogens (primary N) is 1. The van der Waals surface area contributed by atoms with Gasteiger partial charge in [0.2, 0.25) is 0 Å². The molecule has 0 aliphatic heterocycles. The lowest BCUT2D eigenvalue weighted by Gasteiger charge is -2.11. The average molecular weight is 293 g/mol. The number of anilines is 2. The molecule has 2 heterocycles. The topological polar surface area (TPSA) is 63.8 Å². The number of nitrogens with zero attached hydrogens (tertiary/aromatic N) is 2. The van der Waals surface area contributed by atoms with Crippen molar-refractivity contribution >= 4 is 27.3 Å². The van der Waals surface area contributed by atoms with Crippen molar-refractivity contribution in [2.45, 2.75) is 13.5 Å². The van der Waals surface area contributed by atoms with Gasteiger partial charge in [0.1, 0.15) is 0 Å². The smallest absolute Gasteiger partial charge is 0.0752 e. The van der Waals surface area contributed by atoms with E-state index in [2.05, 4.69) is 31.2 Å². The second-order valence-corrected chi connectivity index (χ2v) is 4.60. The zero-order valence-corrected chi connectivity index (χ0v) is 11.0. The van der Waals surface area contributed by atoms with Crippen LogP contribution < -0.4 is 11.1 Å². The van der Waals surface area contributed by atoms with Crippen molar-refractivity contribution in [3.63, 3.8) is 0 Å². The minimum Gasteiger partial charge on any atom is -0.396 e. The third-order valence-electron chi connectivity index (χ3n) is 2.52. The van der Waals surface area contributed by atoms with Crippen LogP contribution in [0.15, 0.2) is 35.3 Å². The number of nitrogens with one attached hydrogen (secondary N) is 1. The second kappa shape index (κ2) is 5.14. The maximum Gasteiger partial charge on any atom is 0.0752 e. The van der Waals surface area contributed by atoms with E-state index < -0.39 is 0 Å². The summed E-state index contributed by atoms with van der Waals surface area (Å²) in [5, 5.41) is 3.30. The number of hydrogen-bond acceptors (Lipinski definition) is 4. The number of aryl methyl sites for hydroxylation is 1. The summed E-state index contributed by atoms with van der Waals surface area (Å²) in [6.07, 6.45) is 6.99. The summed E-state index contributed by atoms with van der Waals surface area (Å²) in [5.41, 5.74) is 9.71. The van der Waals surface area contributed by atoms with E-state index in [9.17, 15) is 0 Å². The Hall–Kier alpha value is -1.62. The third kappa shape index (κ3) is 2.74. The fraction of sp³-hybridized carbons (Fsp3) is 0.167. The lowest BCUT2D eigenvalue weighted by molar-refractivity contribution is 1.09. The highest BCUT2D eigenvalue weighted by Gasteiger charge is 2.05. The van der Waals surface area contributed by atoms with Crippen LogP contribution in [0.3, 0.4) is 0 Å².